The van der Waals surface area contributed by atoms with Crippen LogP contribution in [0, 0.1) is 6.92 Å². The molecule has 0 saturated carbocycles. The van der Waals surface area contributed by atoms with Crippen LogP contribution < -0.4 is 14.4 Å². The van der Waals surface area contributed by atoms with Gasteiger partial charge in [-0.05, 0) is 80.1 Å². The van der Waals surface area contributed by atoms with Gasteiger partial charge in [0.1, 0.15) is 16.8 Å². The maximum atomic E-state index is 12.9. The van der Waals surface area contributed by atoms with Gasteiger partial charge >= 0.3 is 0 Å². The van der Waals surface area contributed by atoms with Crippen LogP contribution >= 0.6 is 11.3 Å². The number of hydrogen-bond acceptors (Lipinski definition) is 6. The van der Waals surface area contributed by atoms with Gasteiger partial charge in [-0.2, -0.15) is 0 Å². The molecular formula is C25H25N3O4S2. The fourth-order valence-corrected chi connectivity index (χ4v) is 5.88. The Bertz CT molecular complexity index is 1430. The number of amides is 1. The average Bonchev–Trinajstić information content (AvgIpc) is 3.22. The van der Waals surface area contributed by atoms with Crippen molar-refractivity contribution in [2.24, 2.45) is 0 Å². The van der Waals surface area contributed by atoms with Gasteiger partial charge in [-0.25, -0.2) is 13.4 Å². The number of nitrogens with one attached hydrogen (secondary N) is 1. The summed E-state index contributed by atoms with van der Waals surface area (Å²) in [5.41, 5.74) is 4.04. The number of ether oxygens (including phenoxy) is 1. The molecule has 4 aromatic rings. The van der Waals surface area contributed by atoms with E-state index in [0.717, 1.165) is 31.3 Å². The summed E-state index contributed by atoms with van der Waals surface area (Å²) in [6, 6.07) is 19.1. The highest BCUT2D eigenvalue weighted by atomic mass is 32.2. The molecule has 7 nitrogen and oxygen atoms in total. The third-order valence-corrected chi connectivity index (χ3v) is 7.67. The standard InChI is InChI=1S/C25H25N3O4S2/c1-16-5-14-22-23(15-16)33-25(27-22)18-6-8-19(9-7-18)26-24(29)17(2)28(34(4,30)31)20-10-12-21(32-3)13-11-20/h5-15,17H,1-4H3,(H,26,29)/t17-/m0/s1. The molecule has 1 amide bonds. The van der Waals surface area contributed by atoms with Crippen molar-refractivity contribution in [3.05, 3.63) is 72.3 Å². The van der Waals surface area contributed by atoms with Crippen molar-refractivity contribution in [1.29, 1.82) is 0 Å². The largest absolute Gasteiger partial charge is 0.497 e. The first kappa shape index (κ1) is 23.7. The molecule has 1 atom stereocenters. The smallest absolute Gasteiger partial charge is 0.247 e. The molecule has 0 unspecified atom stereocenters. The number of fused-ring (bicyclic) bond motifs is 1. The Kier molecular flexibility index (Phi) is 6.58. The normalized spacial score (nSPS) is 12.4. The van der Waals surface area contributed by atoms with Gasteiger partial charge in [-0.3, -0.25) is 9.10 Å². The zero-order chi connectivity index (χ0) is 24.5. The molecule has 0 aliphatic rings. The Morgan fingerprint density at radius 1 is 1.06 bits per heavy atom. The van der Waals surface area contributed by atoms with E-state index >= 15 is 0 Å². The van der Waals surface area contributed by atoms with Crippen molar-refractivity contribution in [2.45, 2.75) is 19.9 Å². The average molecular weight is 496 g/mol. The van der Waals surface area contributed by atoms with Gasteiger partial charge in [0.2, 0.25) is 15.9 Å². The van der Waals surface area contributed by atoms with Crippen LogP contribution in [0.1, 0.15) is 12.5 Å². The SMILES string of the molecule is COc1ccc(N([C@@H](C)C(=O)Nc2ccc(-c3nc4ccc(C)cc4s3)cc2)S(C)(=O)=O)cc1. The van der Waals surface area contributed by atoms with Gasteiger partial charge in [0, 0.05) is 11.3 Å². The van der Waals surface area contributed by atoms with Crippen molar-refractivity contribution in [1.82, 2.24) is 4.98 Å². The van der Waals surface area contributed by atoms with Gasteiger partial charge in [0.15, 0.2) is 0 Å². The molecule has 0 bridgehead atoms. The van der Waals surface area contributed by atoms with Crippen LogP contribution in [0.3, 0.4) is 0 Å². The molecule has 1 N–H and O–H groups in total. The lowest BCUT2D eigenvalue weighted by Gasteiger charge is -2.28. The first-order valence-corrected chi connectivity index (χ1v) is 13.2. The molecule has 0 spiro atoms. The van der Waals surface area contributed by atoms with Crippen LogP contribution in [-0.4, -0.2) is 38.7 Å². The van der Waals surface area contributed by atoms with Crippen molar-refractivity contribution in [2.75, 3.05) is 23.0 Å². The van der Waals surface area contributed by atoms with E-state index in [1.807, 2.05) is 24.3 Å². The maximum Gasteiger partial charge on any atom is 0.247 e. The van der Waals surface area contributed by atoms with E-state index in [-0.39, 0.29) is 0 Å². The number of aryl methyl sites for hydroxylation is 1. The number of hydrogen-bond donors (Lipinski definition) is 1. The number of rotatable bonds is 7. The van der Waals surface area contributed by atoms with Gasteiger partial charge in [0.25, 0.3) is 0 Å². The molecular weight excluding hydrogens is 470 g/mol. The third-order valence-electron chi connectivity index (χ3n) is 5.36. The summed E-state index contributed by atoms with van der Waals surface area (Å²) in [7, 11) is -2.18. The first-order valence-electron chi connectivity index (χ1n) is 10.6. The fourth-order valence-electron chi connectivity index (χ4n) is 3.64. The van der Waals surface area contributed by atoms with E-state index in [9.17, 15) is 13.2 Å². The minimum absolute atomic E-state index is 0.382. The highest BCUT2D eigenvalue weighted by Crippen LogP contribution is 2.31. The second-order valence-electron chi connectivity index (χ2n) is 7.99. The Morgan fingerprint density at radius 3 is 2.35 bits per heavy atom. The Hall–Kier alpha value is -3.43. The first-order chi connectivity index (χ1) is 16.2. The van der Waals surface area contributed by atoms with Crippen molar-refractivity contribution < 1.29 is 17.9 Å². The van der Waals surface area contributed by atoms with Crippen molar-refractivity contribution in [3.63, 3.8) is 0 Å². The number of thiazole rings is 1. The minimum atomic E-state index is -3.71. The van der Waals surface area contributed by atoms with Crippen LogP contribution in [0.2, 0.25) is 0 Å². The van der Waals surface area contributed by atoms with Crippen molar-refractivity contribution >= 4 is 48.9 Å². The molecule has 0 saturated heterocycles. The Balaban J connectivity index is 1.52. The van der Waals surface area contributed by atoms with Crippen LogP contribution in [0.5, 0.6) is 5.75 Å². The van der Waals surface area contributed by atoms with Gasteiger partial charge in [0.05, 0.1) is 29.3 Å². The number of carbonyl (C=O) groups is 1. The number of aromatic nitrogens is 1. The summed E-state index contributed by atoms with van der Waals surface area (Å²) in [4.78, 5) is 17.6. The number of sulfonamides is 1. The minimum Gasteiger partial charge on any atom is -0.497 e. The highest BCUT2D eigenvalue weighted by Gasteiger charge is 2.29. The summed E-state index contributed by atoms with van der Waals surface area (Å²) in [5, 5.41) is 3.71. The zero-order valence-electron chi connectivity index (χ0n) is 19.3. The van der Waals surface area contributed by atoms with Crippen molar-refractivity contribution in [3.8, 4) is 16.3 Å². The van der Waals surface area contributed by atoms with E-state index < -0.39 is 22.0 Å². The molecule has 3 aromatic carbocycles. The number of methoxy groups -OCH3 is 1. The quantitative estimate of drug-likeness (QED) is 0.387. The Morgan fingerprint density at radius 2 is 1.74 bits per heavy atom. The fraction of sp³-hybridized carbons (Fsp3) is 0.200. The van der Waals surface area contributed by atoms with Crippen LogP contribution in [0.25, 0.3) is 20.8 Å². The van der Waals surface area contributed by atoms with E-state index in [1.54, 1.807) is 54.7 Å². The molecule has 0 aliphatic heterocycles. The van der Waals surface area contributed by atoms with E-state index in [4.69, 9.17) is 4.74 Å². The molecule has 9 heteroatoms. The van der Waals surface area contributed by atoms with E-state index in [2.05, 4.69) is 23.3 Å². The summed E-state index contributed by atoms with van der Waals surface area (Å²) >= 11 is 1.62. The van der Waals surface area contributed by atoms with Gasteiger partial charge in [-0.1, -0.05) is 6.07 Å². The lowest BCUT2D eigenvalue weighted by atomic mass is 10.2. The molecule has 0 fully saturated rings. The second-order valence-corrected chi connectivity index (χ2v) is 10.9. The van der Waals surface area contributed by atoms with E-state index in [0.29, 0.717) is 17.1 Å². The molecule has 34 heavy (non-hydrogen) atoms. The molecule has 0 aliphatic carbocycles. The lowest BCUT2D eigenvalue weighted by Crippen LogP contribution is -2.45. The highest BCUT2D eigenvalue weighted by molar-refractivity contribution is 7.92. The predicted molar refractivity (Wildman–Crippen MR) is 138 cm³/mol. The molecule has 1 heterocycles. The zero-order valence-corrected chi connectivity index (χ0v) is 20.9. The number of anilines is 2. The summed E-state index contributed by atoms with van der Waals surface area (Å²) in [6.07, 6.45) is 1.08. The van der Waals surface area contributed by atoms with Gasteiger partial charge < -0.3 is 10.1 Å². The third kappa shape index (κ3) is 5.05. The van der Waals surface area contributed by atoms with Crippen LogP contribution in [-0.2, 0) is 14.8 Å². The lowest BCUT2D eigenvalue weighted by molar-refractivity contribution is -0.116. The van der Waals surface area contributed by atoms with Crippen LogP contribution in [0.15, 0.2) is 66.7 Å². The summed E-state index contributed by atoms with van der Waals surface area (Å²) < 4.78 is 32.3. The summed E-state index contributed by atoms with van der Waals surface area (Å²) in [6.45, 7) is 3.61. The number of carbonyl (C=O) groups excluding carboxylic acids is 1. The van der Waals surface area contributed by atoms with Crippen LogP contribution in [0.4, 0.5) is 11.4 Å². The monoisotopic (exact) mass is 495 g/mol. The molecule has 1 aromatic heterocycles. The maximum absolute atomic E-state index is 12.9. The molecule has 4 rings (SSSR count). The summed E-state index contributed by atoms with van der Waals surface area (Å²) in [5.74, 6) is 0.155. The Labute approximate surface area is 203 Å². The number of benzene rings is 3. The molecule has 0 radical (unpaired) electrons. The molecule has 176 valence electrons. The van der Waals surface area contributed by atoms with E-state index in [1.165, 1.54) is 12.7 Å². The van der Waals surface area contributed by atoms with Gasteiger partial charge in [-0.15, -0.1) is 11.3 Å². The number of nitrogens with zero attached hydrogens (tertiary/aromatic N) is 2. The second kappa shape index (κ2) is 9.44. The predicted octanol–water partition coefficient (Wildman–Crippen LogP) is 5.07. The topological polar surface area (TPSA) is 88.6 Å².